The maximum Gasteiger partial charge on any atom is 0.212 e. The van der Waals surface area contributed by atoms with Gasteiger partial charge in [-0.25, -0.2) is 14.5 Å². The van der Waals surface area contributed by atoms with Crippen LogP contribution < -0.4 is 10.2 Å². The van der Waals surface area contributed by atoms with Crippen LogP contribution >= 0.6 is 0 Å². The van der Waals surface area contributed by atoms with E-state index < -0.39 is 5.95 Å². The standard InChI is InChI=1S/C21H21FN6O/c1-27(13-16-4-7-19(22)24-11-16)21-9-8-20-25-12-18(28(20)26-21)17-5-2-15(3-6-17)10-23-14-29/h2-9,11-12,23,29H,10,13-14H2,1H3. The Labute approximate surface area is 167 Å². The number of anilines is 1. The number of imidazole rings is 1. The van der Waals surface area contributed by atoms with Crippen LogP contribution in [0.2, 0.25) is 0 Å². The summed E-state index contributed by atoms with van der Waals surface area (Å²) in [7, 11) is 1.93. The second-order valence-corrected chi connectivity index (χ2v) is 6.73. The molecule has 2 N–H and O–H groups in total. The fourth-order valence-corrected chi connectivity index (χ4v) is 3.11. The molecule has 1 aromatic carbocycles. The van der Waals surface area contributed by atoms with Crippen molar-refractivity contribution >= 4 is 11.5 Å². The molecular formula is C21H21FN6O. The summed E-state index contributed by atoms with van der Waals surface area (Å²) in [5.41, 5.74) is 4.62. The summed E-state index contributed by atoms with van der Waals surface area (Å²) < 4.78 is 14.8. The molecule has 7 nitrogen and oxygen atoms in total. The second kappa shape index (κ2) is 8.34. The molecule has 0 unspecified atom stereocenters. The Morgan fingerprint density at radius 3 is 2.52 bits per heavy atom. The zero-order chi connectivity index (χ0) is 20.2. The third-order valence-electron chi connectivity index (χ3n) is 4.64. The lowest BCUT2D eigenvalue weighted by molar-refractivity contribution is 0.259. The quantitative estimate of drug-likeness (QED) is 0.372. The van der Waals surface area contributed by atoms with Crippen LogP contribution in [0, 0.1) is 5.95 Å². The molecule has 3 aromatic heterocycles. The summed E-state index contributed by atoms with van der Waals surface area (Å²) >= 11 is 0. The van der Waals surface area contributed by atoms with Gasteiger partial charge in [-0.1, -0.05) is 30.3 Å². The molecule has 4 aromatic rings. The number of hydrogen-bond acceptors (Lipinski definition) is 6. The van der Waals surface area contributed by atoms with E-state index in [0.29, 0.717) is 13.1 Å². The predicted molar refractivity (Wildman–Crippen MR) is 109 cm³/mol. The monoisotopic (exact) mass is 392 g/mol. The van der Waals surface area contributed by atoms with Crippen molar-refractivity contribution < 1.29 is 9.50 Å². The Hall–Kier alpha value is -3.36. The fraction of sp³-hybridized carbons (Fsp3) is 0.190. The first-order valence-corrected chi connectivity index (χ1v) is 9.21. The summed E-state index contributed by atoms with van der Waals surface area (Å²) in [5, 5.41) is 16.5. The van der Waals surface area contributed by atoms with E-state index in [2.05, 4.69) is 15.3 Å². The first-order valence-electron chi connectivity index (χ1n) is 9.21. The minimum absolute atomic E-state index is 0.0524. The Balaban J connectivity index is 1.59. The molecule has 3 heterocycles. The van der Waals surface area contributed by atoms with E-state index in [1.165, 1.54) is 12.3 Å². The molecule has 0 aliphatic heterocycles. The number of halogens is 1. The van der Waals surface area contributed by atoms with Gasteiger partial charge in [-0.15, -0.1) is 5.10 Å². The normalized spacial score (nSPS) is 11.1. The topological polar surface area (TPSA) is 78.6 Å². The van der Waals surface area contributed by atoms with Gasteiger partial charge in [0.2, 0.25) is 5.95 Å². The highest BCUT2D eigenvalue weighted by molar-refractivity contribution is 5.64. The lowest BCUT2D eigenvalue weighted by Gasteiger charge is -2.18. The Morgan fingerprint density at radius 1 is 1.00 bits per heavy atom. The third kappa shape index (κ3) is 4.23. The van der Waals surface area contributed by atoms with Crippen LogP contribution in [0.25, 0.3) is 16.9 Å². The van der Waals surface area contributed by atoms with Crippen molar-refractivity contribution in [3.63, 3.8) is 0 Å². The number of rotatable bonds is 7. The van der Waals surface area contributed by atoms with Crippen LogP contribution in [0.1, 0.15) is 11.1 Å². The van der Waals surface area contributed by atoms with Crippen molar-refractivity contribution in [3.05, 3.63) is 78.0 Å². The molecule has 148 valence electrons. The molecule has 0 fully saturated rings. The summed E-state index contributed by atoms with van der Waals surface area (Å²) in [6.07, 6.45) is 3.33. The maximum absolute atomic E-state index is 13.0. The predicted octanol–water partition coefficient (Wildman–Crippen LogP) is 2.61. The van der Waals surface area contributed by atoms with Gasteiger partial charge in [0.05, 0.1) is 18.6 Å². The van der Waals surface area contributed by atoms with Gasteiger partial charge < -0.3 is 10.0 Å². The van der Waals surface area contributed by atoms with E-state index in [9.17, 15) is 4.39 Å². The van der Waals surface area contributed by atoms with Crippen LogP contribution in [0.3, 0.4) is 0 Å². The second-order valence-electron chi connectivity index (χ2n) is 6.73. The lowest BCUT2D eigenvalue weighted by atomic mass is 10.1. The average molecular weight is 392 g/mol. The average Bonchev–Trinajstić information content (AvgIpc) is 3.17. The van der Waals surface area contributed by atoms with Crippen LogP contribution in [-0.2, 0) is 13.1 Å². The van der Waals surface area contributed by atoms with Gasteiger partial charge in [0, 0.05) is 31.9 Å². The number of fused-ring (bicyclic) bond motifs is 1. The number of nitrogens with zero attached hydrogens (tertiary/aromatic N) is 5. The van der Waals surface area contributed by atoms with Crippen LogP contribution in [0.15, 0.2) is 60.9 Å². The van der Waals surface area contributed by atoms with E-state index in [-0.39, 0.29) is 6.73 Å². The summed E-state index contributed by atoms with van der Waals surface area (Å²) in [5.74, 6) is 0.280. The number of nitrogens with one attached hydrogen (secondary N) is 1. The van der Waals surface area contributed by atoms with Crippen LogP contribution in [-0.4, -0.2) is 38.5 Å². The number of pyridine rings is 1. The molecule has 8 heteroatoms. The molecule has 0 saturated carbocycles. The molecule has 0 amide bonds. The van der Waals surface area contributed by atoms with Gasteiger partial charge in [0.15, 0.2) is 5.65 Å². The van der Waals surface area contributed by atoms with Crippen molar-refractivity contribution in [2.24, 2.45) is 0 Å². The van der Waals surface area contributed by atoms with E-state index in [1.807, 2.05) is 52.9 Å². The molecule has 0 radical (unpaired) electrons. The molecule has 0 atom stereocenters. The van der Waals surface area contributed by atoms with Gasteiger partial charge >= 0.3 is 0 Å². The highest BCUT2D eigenvalue weighted by atomic mass is 19.1. The minimum atomic E-state index is -0.489. The largest absolute Gasteiger partial charge is 0.381 e. The van der Waals surface area contributed by atoms with Crippen molar-refractivity contribution in [1.29, 1.82) is 0 Å². The molecule has 0 aliphatic carbocycles. The smallest absolute Gasteiger partial charge is 0.212 e. The zero-order valence-corrected chi connectivity index (χ0v) is 16.0. The molecule has 29 heavy (non-hydrogen) atoms. The van der Waals surface area contributed by atoms with Crippen LogP contribution in [0.5, 0.6) is 0 Å². The maximum atomic E-state index is 13.0. The minimum Gasteiger partial charge on any atom is -0.381 e. The number of aliphatic hydroxyl groups is 1. The fourth-order valence-electron chi connectivity index (χ4n) is 3.11. The van der Waals surface area contributed by atoms with E-state index in [4.69, 9.17) is 10.2 Å². The first kappa shape index (κ1) is 19.0. The third-order valence-corrected chi connectivity index (χ3v) is 4.64. The lowest BCUT2D eigenvalue weighted by Crippen LogP contribution is -2.19. The number of aliphatic hydroxyl groups excluding tert-OH is 1. The Kier molecular flexibility index (Phi) is 5.46. The molecule has 0 bridgehead atoms. The van der Waals surface area contributed by atoms with E-state index in [0.717, 1.165) is 33.8 Å². The number of aromatic nitrogens is 4. The van der Waals surface area contributed by atoms with Crippen LogP contribution in [0.4, 0.5) is 10.2 Å². The van der Waals surface area contributed by atoms with Gasteiger partial charge in [0.25, 0.3) is 0 Å². The van der Waals surface area contributed by atoms with Gasteiger partial charge in [-0.05, 0) is 29.3 Å². The van der Waals surface area contributed by atoms with Crippen molar-refractivity contribution in [2.75, 3.05) is 18.7 Å². The Bertz CT molecular complexity index is 1090. The van der Waals surface area contributed by atoms with Crippen molar-refractivity contribution in [2.45, 2.75) is 13.1 Å². The molecule has 0 saturated heterocycles. The number of hydrogen-bond donors (Lipinski definition) is 2. The highest BCUT2D eigenvalue weighted by Crippen LogP contribution is 2.22. The Morgan fingerprint density at radius 2 is 1.79 bits per heavy atom. The van der Waals surface area contributed by atoms with E-state index in [1.54, 1.807) is 12.3 Å². The zero-order valence-electron chi connectivity index (χ0n) is 16.0. The molecule has 4 rings (SSSR count). The van der Waals surface area contributed by atoms with Gasteiger partial charge in [0.1, 0.15) is 5.82 Å². The molecular weight excluding hydrogens is 371 g/mol. The summed E-state index contributed by atoms with van der Waals surface area (Å²) in [6.45, 7) is 1.11. The molecule has 0 aliphatic rings. The summed E-state index contributed by atoms with van der Waals surface area (Å²) in [4.78, 5) is 10.1. The summed E-state index contributed by atoms with van der Waals surface area (Å²) in [6, 6.07) is 14.9. The molecule has 0 spiro atoms. The van der Waals surface area contributed by atoms with Crippen molar-refractivity contribution in [3.8, 4) is 11.3 Å². The number of benzene rings is 1. The first-order chi connectivity index (χ1) is 14.1. The SMILES string of the molecule is CN(Cc1ccc(F)nc1)c1ccc2ncc(-c3ccc(CNCO)cc3)n2n1. The van der Waals surface area contributed by atoms with E-state index >= 15 is 0 Å². The van der Waals surface area contributed by atoms with Crippen molar-refractivity contribution in [1.82, 2.24) is 24.9 Å². The highest BCUT2D eigenvalue weighted by Gasteiger charge is 2.11. The van der Waals surface area contributed by atoms with Gasteiger partial charge in [-0.2, -0.15) is 4.39 Å². The van der Waals surface area contributed by atoms with Gasteiger partial charge in [-0.3, -0.25) is 5.32 Å².